The second-order valence-corrected chi connectivity index (χ2v) is 5.97. The summed E-state index contributed by atoms with van der Waals surface area (Å²) in [5, 5.41) is 4.12. The summed E-state index contributed by atoms with van der Waals surface area (Å²) in [5.74, 6) is 0.307. The summed E-state index contributed by atoms with van der Waals surface area (Å²) in [5.41, 5.74) is -0.198. The fourth-order valence-corrected chi connectivity index (χ4v) is 2.23. The normalized spacial score (nSPS) is 26.8. The zero-order valence-electron chi connectivity index (χ0n) is 13.2. The van der Waals surface area contributed by atoms with E-state index in [4.69, 9.17) is 4.15 Å². The topological polar surface area (TPSA) is 37.0 Å². The van der Waals surface area contributed by atoms with Gasteiger partial charge in [0.25, 0.3) is 0 Å². The average molecular weight is 301 g/mol. The first-order valence-corrected chi connectivity index (χ1v) is 6.68. The van der Waals surface area contributed by atoms with Gasteiger partial charge in [-0.1, -0.05) is 13.8 Å². The van der Waals surface area contributed by atoms with Gasteiger partial charge in [-0.3, -0.25) is 0 Å². The molecule has 1 aromatic rings. The first kappa shape index (κ1) is 9.34. The summed E-state index contributed by atoms with van der Waals surface area (Å²) < 4.78 is 25.7. The van der Waals surface area contributed by atoms with Crippen molar-refractivity contribution in [3.8, 4) is 0 Å². The van der Waals surface area contributed by atoms with Crippen LogP contribution in [0.5, 0.6) is 0 Å². The molecule has 94 valence electrons. The lowest BCUT2D eigenvalue weighted by Crippen LogP contribution is -2.50. The van der Waals surface area contributed by atoms with Crippen LogP contribution < -0.4 is 10.6 Å². The second kappa shape index (κ2) is 5.36. The van der Waals surface area contributed by atoms with Crippen molar-refractivity contribution >= 4 is 21.7 Å². The van der Waals surface area contributed by atoms with Gasteiger partial charge in [0.05, 0.1) is 2.74 Å². The van der Waals surface area contributed by atoms with Gasteiger partial charge in [-0.25, -0.2) is 4.98 Å². The molecule has 1 aliphatic heterocycles. The molecular weight excluding hydrogens is 278 g/mol. The smallest absolute Gasteiger partial charge is 0.162 e. The first-order chi connectivity index (χ1) is 9.25. The molecule has 1 saturated heterocycles. The molecule has 0 radical (unpaired) electrons. The third-order valence-corrected chi connectivity index (χ3v) is 3.62. The third kappa shape index (κ3) is 3.42. The molecule has 0 amide bonds. The third-order valence-electron chi connectivity index (χ3n) is 3.15. The number of piperidine rings is 1. The molecule has 0 spiro atoms. The minimum absolute atomic E-state index is 0.198. The van der Waals surface area contributed by atoms with Gasteiger partial charge in [-0.2, -0.15) is 0 Å². The molecule has 0 aliphatic carbocycles. The molecule has 1 fully saturated rings. The van der Waals surface area contributed by atoms with E-state index in [1.807, 2.05) is 13.8 Å². The number of hydrogen-bond acceptors (Lipinski definition) is 3. The molecule has 1 unspecified atom stereocenters. The molecule has 0 bridgehead atoms. The SMILES string of the molecule is [2H]N(c1ccc(Br)cn1)C([2H])([2H])C1NCCCC1(C)C. The zero-order chi connectivity index (χ0) is 15.0. The van der Waals surface area contributed by atoms with Crippen molar-refractivity contribution in [2.75, 3.05) is 18.4 Å². The van der Waals surface area contributed by atoms with Crippen molar-refractivity contribution in [2.24, 2.45) is 5.41 Å². The van der Waals surface area contributed by atoms with Crippen LogP contribution in [0.2, 0.25) is 1.41 Å². The maximum atomic E-state index is 8.36. The Balaban J connectivity index is 2.26. The van der Waals surface area contributed by atoms with E-state index in [2.05, 4.69) is 26.2 Å². The second-order valence-electron chi connectivity index (χ2n) is 5.05. The van der Waals surface area contributed by atoms with Gasteiger partial charge in [0.15, 0.2) is 1.41 Å². The number of hydrogen-bond donors (Lipinski definition) is 2. The molecule has 4 heteroatoms. The largest absolute Gasteiger partial charge is 0.368 e. The van der Waals surface area contributed by atoms with E-state index in [0.717, 1.165) is 29.2 Å². The Morgan fingerprint density at radius 2 is 2.53 bits per heavy atom. The van der Waals surface area contributed by atoms with Crippen molar-refractivity contribution in [1.29, 1.82) is 0 Å². The number of nitrogens with zero attached hydrogens (tertiary/aromatic N) is 1. The fraction of sp³-hybridized carbons (Fsp3) is 0.615. The predicted molar refractivity (Wildman–Crippen MR) is 75.2 cm³/mol. The summed E-state index contributed by atoms with van der Waals surface area (Å²) in [7, 11) is 0. The number of anilines is 1. The van der Waals surface area contributed by atoms with Gasteiger partial charge in [0.2, 0.25) is 0 Å². The van der Waals surface area contributed by atoms with E-state index < -0.39 is 12.5 Å². The highest BCUT2D eigenvalue weighted by Gasteiger charge is 2.31. The standard InChI is InChI=1S/C13H20BrN3/c1-13(2)6-3-7-15-11(13)9-17-12-5-4-10(14)8-16-12/h4-5,8,11,15H,3,6-7,9H2,1-2H3,(H,16,17)/i9D2/hD. The van der Waals surface area contributed by atoms with Crippen LogP contribution in [0.1, 0.15) is 29.4 Å². The predicted octanol–water partition coefficient (Wildman–Crippen LogP) is 3.03. The van der Waals surface area contributed by atoms with Crippen molar-refractivity contribution in [3.05, 3.63) is 22.8 Å². The Bertz CT molecular complexity index is 464. The van der Waals surface area contributed by atoms with Crippen LogP contribution in [0.3, 0.4) is 0 Å². The van der Waals surface area contributed by atoms with Crippen LogP contribution in [0.25, 0.3) is 0 Å². The first-order valence-electron chi connectivity index (χ1n) is 7.34. The minimum atomic E-state index is -1.83. The molecule has 3 nitrogen and oxygen atoms in total. The molecule has 2 heterocycles. The highest BCUT2D eigenvalue weighted by atomic mass is 79.9. The summed E-state index contributed by atoms with van der Waals surface area (Å²) in [6.07, 6.45) is 3.56. The van der Waals surface area contributed by atoms with Gasteiger partial charge in [0.1, 0.15) is 5.82 Å². The molecule has 2 rings (SSSR count). The minimum Gasteiger partial charge on any atom is -0.368 e. The van der Waals surface area contributed by atoms with Gasteiger partial charge in [0, 0.05) is 23.2 Å². The number of rotatable bonds is 3. The van der Waals surface area contributed by atoms with Crippen molar-refractivity contribution in [2.45, 2.75) is 32.7 Å². The summed E-state index contributed by atoms with van der Waals surface area (Å²) in [4.78, 5) is 4.11. The number of aromatic nitrogens is 1. The Hall–Kier alpha value is -0.610. The molecule has 1 aliphatic rings. The molecule has 1 aromatic heterocycles. The van der Waals surface area contributed by atoms with E-state index in [0.29, 0.717) is 5.82 Å². The lowest BCUT2D eigenvalue weighted by atomic mass is 9.77. The number of halogens is 1. The van der Waals surface area contributed by atoms with Gasteiger partial charge in [-0.05, 0) is 52.9 Å². The average Bonchev–Trinajstić information content (AvgIpc) is 2.38. The Labute approximate surface area is 116 Å². The highest BCUT2D eigenvalue weighted by Crippen LogP contribution is 2.30. The van der Waals surface area contributed by atoms with Crippen LogP contribution in [0, 0.1) is 5.41 Å². The maximum Gasteiger partial charge on any atom is 0.162 e. The number of nitrogens with one attached hydrogen (secondary N) is 2. The Kier molecular flexibility index (Phi) is 2.94. The highest BCUT2D eigenvalue weighted by molar-refractivity contribution is 9.10. The lowest BCUT2D eigenvalue weighted by molar-refractivity contribution is 0.188. The molecular formula is C13H20BrN3. The van der Waals surface area contributed by atoms with E-state index >= 15 is 0 Å². The van der Waals surface area contributed by atoms with E-state index in [1.165, 1.54) is 0 Å². The van der Waals surface area contributed by atoms with Crippen molar-refractivity contribution in [1.82, 2.24) is 10.3 Å². The maximum absolute atomic E-state index is 8.36. The van der Waals surface area contributed by atoms with Gasteiger partial charge < -0.3 is 10.6 Å². The van der Waals surface area contributed by atoms with Gasteiger partial charge in [-0.15, -0.1) is 0 Å². The zero-order valence-corrected chi connectivity index (χ0v) is 11.8. The van der Waals surface area contributed by atoms with Crippen LogP contribution >= 0.6 is 15.9 Å². The molecule has 17 heavy (non-hydrogen) atoms. The van der Waals surface area contributed by atoms with Crippen LogP contribution in [-0.4, -0.2) is 24.1 Å². The van der Waals surface area contributed by atoms with Crippen molar-refractivity contribution < 1.29 is 4.15 Å². The molecule has 0 aromatic carbocycles. The van der Waals surface area contributed by atoms with Crippen molar-refractivity contribution in [3.63, 3.8) is 0 Å². The Morgan fingerprint density at radius 3 is 3.18 bits per heavy atom. The molecule has 0 saturated carbocycles. The van der Waals surface area contributed by atoms with Gasteiger partial charge >= 0.3 is 0 Å². The summed E-state index contributed by atoms with van der Waals surface area (Å²) in [6, 6.07) is 3.00. The quantitative estimate of drug-likeness (QED) is 0.901. The van der Waals surface area contributed by atoms with E-state index in [-0.39, 0.29) is 5.41 Å². The molecule has 2 N–H and O–H groups in total. The van der Waals surface area contributed by atoms with E-state index in [9.17, 15) is 0 Å². The monoisotopic (exact) mass is 300 g/mol. The van der Waals surface area contributed by atoms with E-state index in [1.54, 1.807) is 18.3 Å². The summed E-state index contributed by atoms with van der Waals surface area (Å²) >= 11 is 3.29. The van der Waals surface area contributed by atoms with Crippen LogP contribution in [0.15, 0.2) is 22.8 Å². The Morgan fingerprint density at radius 1 is 1.71 bits per heavy atom. The molecule has 1 atom stereocenters. The van der Waals surface area contributed by atoms with Crippen LogP contribution in [0.4, 0.5) is 5.82 Å². The summed E-state index contributed by atoms with van der Waals surface area (Å²) in [6.45, 7) is 3.05. The van der Waals surface area contributed by atoms with Crippen LogP contribution in [-0.2, 0) is 0 Å². The lowest BCUT2D eigenvalue weighted by Gasteiger charge is -2.39. The fourth-order valence-electron chi connectivity index (χ4n) is 2.00. The number of pyridine rings is 1.